The van der Waals surface area contributed by atoms with Gasteiger partial charge >= 0.3 is 5.76 Å². The molecular formula is C14H17NO3S. The molecule has 0 amide bonds. The average Bonchev–Trinajstić information content (AvgIpc) is 2.82. The fourth-order valence-electron chi connectivity index (χ4n) is 1.57. The molecule has 5 heteroatoms. The highest BCUT2D eigenvalue weighted by Gasteiger charge is 2.10. The van der Waals surface area contributed by atoms with E-state index in [0.717, 1.165) is 12.2 Å². The highest BCUT2D eigenvalue weighted by Crippen LogP contribution is 2.23. The van der Waals surface area contributed by atoms with E-state index >= 15 is 0 Å². The zero-order valence-corrected chi connectivity index (χ0v) is 11.8. The van der Waals surface area contributed by atoms with Gasteiger partial charge in [-0.1, -0.05) is 24.6 Å². The molecular weight excluding hydrogens is 262 g/mol. The minimum absolute atomic E-state index is 0.0444. The van der Waals surface area contributed by atoms with Crippen LogP contribution in [0, 0.1) is 6.92 Å². The van der Waals surface area contributed by atoms with Crippen LogP contribution in [0.4, 0.5) is 0 Å². The Hall–Kier alpha value is -1.62. The van der Waals surface area contributed by atoms with Crippen LogP contribution in [0.5, 0.6) is 5.75 Å². The molecule has 0 saturated heterocycles. The summed E-state index contributed by atoms with van der Waals surface area (Å²) in [6.45, 7) is 4.11. The molecule has 4 nitrogen and oxygen atoms in total. The zero-order chi connectivity index (χ0) is 13.7. The van der Waals surface area contributed by atoms with Crippen LogP contribution in [-0.4, -0.2) is 10.4 Å². The number of hydrogen-bond acceptors (Lipinski definition) is 4. The van der Waals surface area contributed by atoms with Crippen molar-refractivity contribution in [3.05, 3.63) is 52.3 Å². The predicted octanol–water partition coefficient (Wildman–Crippen LogP) is 3.32. The van der Waals surface area contributed by atoms with Crippen LogP contribution >= 0.6 is 11.8 Å². The highest BCUT2D eigenvalue weighted by atomic mass is 32.2. The maximum Gasteiger partial charge on any atom is 0.416 e. The van der Waals surface area contributed by atoms with Crippen molar-refractivity contribution in [2.75, 3.05) is 0 Å². The maximum atomic E-state index is 10.9. The van der Waals surface area contributed by atoms with E-state index in [1.165, 1.54) is 5.56 Å². The summed E-state index contributed by atoms with van der Waals surface area (Å²) in [5, 5.41) is 0. The molecule has 0 spiro atoms. The Balaban J connectivity index is 1.89. The van der Waals surface area contributed by atoms with Crippen LogP contribution in [0.1, 0.15) is 24.7 Å². The smallest absolute Gasteiger partial charge is 0.416 e. The van der Waals surface area contributed by atoms with Crippen molar-refractivity contribution in [2.24, 2.45) is 0 Å². The summed E-state index contributed by atoms with van der Waals surface area (Å²) in [6, 6.07) is 7.99. The van der Waals surface area contributed by atoms with E-state index in [2.05, 4.69) is 11.9 Å². The van der Waals surface area contributed by atoms with E-state index in [-0.39, 0.29) is 5.44 Å². The van der Waals surface area contributed by atoms with Gasteiger partial charge in [-0.05, 0) is 25.5 Å². The van der Waals surface area contributed by atoms with E-state index in [9.17, 15) is 4.79 Å². The largest absolute Gasteiger partial charge is 0.480 e. The molecule has 1 N–H and O–H groups in total. The molecule has 2 rings (SSSR count). The van der Waals surface area contributed by atoms with Crippen LogP contribution < -0.4 is 10.5 Å². The van der Waals surface area contributed by atoms with E-state index in [0.29, 0.717) is 11.5 Å². The number of aromatic amines is 1. The van der Waals surface area contributed by atoms with Crippen LogP contribution in [0.2, 0.25) is 0 Å². The second kappa shape index (κ2) is 6.52. The van der Waals surface area contributed by atoms with Gasteiger partial charge in [-0.3, -0.25) is 4.98 Å². The third-order valence-corrected chi connectivity index (χ3v) is 3.86. The van der Waals surface area contributed by atoms with Gasteiger partial charge in [0.15, 0.2) is 0 Å². The molecule has 0 bridgehead atoms. The van der Waals surface area contributed by atoms with Gasteiger partial charge in [0.05, 0.1) is 5.75 Å². The normalized spacial score (nSPS) is 12.3. The average molecular weight is 279 g/mol. The monoisotopic (exact) mass is 279 g/mol. The molecule has 1 atom stereocenters. The first kappa shape index (κ1) is 13.8. The first-order valence-corrected chi connectivity index (χ1v) is 7.24. The Kier molecular flexibility index (Phi) is 4.74. The first-order chi connectivity index (χ1) is 9.17. The van der Waals surface area contributed by atoms with Gasteiger partial charge in [0.2, 0.25) is 0 Å². The Morgan fingerprint density at radius 1 is 1.37 bits per heavy atom. The number of H-pyrrole nitrogens is 1. The number of oxazole rings is 1. The van der Waals surface area contributed by atoms with E-state index < -0.39 is 5.76 Å². The second-order valence-electron chi connectivity index (χ2n) is 4.22. The van der Waals surface area contributed by atoms with Crippen molar-refractivity contribution >= 4 is 11.8 Å². The SMILES string of the molecule is CCC(Oc1ccc(C)cc1)SCc1c[nH]c(=O)o1. The van der Waals surface area contributed by atoms with E-state index in [1.54, 1.807) is 18.0 Å². The molecule has 0 aliphatic heterocycles. The van der Waals surface area contributed by atoms with Gasteiger partial charge in [-0.2, -0.15) is 0 Å². The fraction of sp³-hybridized carbons (Fsp3) is 0.357. The fourth-order valence-corrected chi connectivity index (χ4v) is 2.47. The van der Waals surface area contributed by atoms with Gasteiger partial charge in [-0.25, -0.2) is 4.79 Å². The van der Waals surface area contributed by atoms with Crippen LogP contribution in [0.3, 0.4) is 0 Å². The summed E-state index contributed by atoms with van der Waals surface area (Å²) in [5.41, 5.74) is 1.25. The molecule has 19 heavy (non-hydrogen) atoms. The lowest BCUT2D eigenvalue weighted by Crippen LogP contribution is -2.11. The minimum Gasteiger partial charge on any atom is -0.480 e. The Labute approximate surface area is 116 Å². The van der Waals surface area contributed by atoms with Gasteiger partial charge < -0.3 is 9.15 Å². The second-order valence-corrected chi connectivity index (χ2v) is 5.37. The number of aryl methyl sites for hydroxylation is 1. The third-order valence-electron chi connectivity index (χ3n) is 2.61. The lowest BCUT2D eigenvalue weighted by atomic mass is 10.2. The number of benzene rings is 1. The molecule has 1 unspecified atom stereocenters. The quantitative estimate of drug-likeness (QED) is 0.824. The van der Waals surface area contributed by atoms with Crippen LogP contribution in [0.15, 0.2) is 39.7 Å². The number of hydrogen-bond donors (Lipinski definition) is 1. The molecule has 1 aromatic heterocycles. The zero-order valence-electron chi connectivity index (χ0n) is 11.0. The van der Waals surface area contributed by atoms with Crippen molar-refractivity contribution in [3.63, 3.8) is 0 Å². The van der Waals surface area contributed by atoms with Crippen molar-refractivity contribution in [1.29, 1.82) is 0 Å². The van der Waals surface area contributed by atoms with Gasteiger partial charge in [-0.15, -0.1) is 11.8 Å². The summed E-state index contributed by atoms with van der Waals surface area (Å²) in [4.78, 5) is 13.4. The van der Waals surface area contributed by atoms with Crippen molar-refractivity contribution in [3.8, 4) is 5.75 Å². The number of aromatic nitrogens is 1. The Morgan fingerprint density at radius 2 is 2.11 bits per heavy atom. The van der Waals surface area contributed by atoms with Crippen LogP contribution in [0.25, 0.3) is 0 Å². The molecule has 102 valence electrons. The van der Waals surface area contributed by atoms with Crippen LogP contribution in [-0.2, 0) is 5.75 Å². The van der Waals surface area contributed by atoms with E-state index in [4.69, 9.17) is 9.15 Å². The Bertz CT molecular complexity index is 559. The summed E-state index contributed by atoms with van der Waals surface area (Å²) >= 11 is 1.61. The molecule has 0 aliphatic carbocycles. The predicted molar refractivity (Wildman–Crippen MR) is 76.5 cm³/mol. The van der Waals surface area contributed by atoms with Gasteiger partial charge in [0, 0.05) is 6.20 Å². The van der Waals surface area contributed by atoms with Gasteiger partial charge in [0.25, 0.3) is 0 Å². The standard InChI is InChI=1S/C14H17NO3S/c1-3-13(17-11-6-4-10(2)5-7-11)19-9-12-8-15-14(16)18-12/h4-8,13H,3,9H2,1-2H3,(H,15,16). The first-order valence-electron chi connectivity index (χ1n) is 6.19. The summed E-state index contributed by atoms with van der Waals surface area (Å²) in [7, 11) is 0. The van der Waals surface area contributed by atoms with Crippen molar-refractivity contribution < 1.29 is 9.15 Å². The lowest BCUT2D eigenvalue weighted by molar-refractivity contribution is 0.283. The molecule has 0 saturated carbocycles. The third kappa shape index (κ3) is 4.21. The molecule has 1 aromatic carbocycles. The maximum absolute atomic E-state index is 10.9. The highest BCUT2D eigenvalue weighted by molar-refractivity contribution is 7.99. The van der Waals surface area contributed by atoms with Gasteiger partial charge in [0.1, 0.15) is 16.9 Å². The number of nitrogens with one attached hydrogen (secondary N) is 1. The Morgan fingerprint density at radius 3 is 2.68 bits per heavy atom. The molecule has 0 fully saturated rings. The summed E-state index contributed by atoms with van der Waals surface area (Å²) in [5.74, 6) is 1.70. The molecule has 1 heterocycles. The minimum atomic E-state index is -0.414. The number of rotatable bonds is 6. The van der Waals surface area contributed by atoms with Crippen molar-refractivity contribution in [1.82, 2.24) is 4.98 Å². The molecule has 0 aliphatic rings. The number of ether oxygens (including phenoxy) is 1. The molecule has 0 radical (unpaired) electrons. The summed E-state index contributed by atoms with van der Waals surface area (Å²) < 4.78 is 10.8. The lowest BCUT2D eigenvalue weighted by Gasteiger charge is -2.16. The van der Waals surface area contributed by atoms with E-state index in [1.807, 2.05) is 31.2 Å². The topological polar surface area (TPSA) is 55.2 Å². The molecule has 2 aromatic rings. The number of thioether (sulfide) groups is 1. The summed E-state index contributed by atoms with van der Waals surface area (Å²) in [6.07, 6.45) is 2.47. The van der Waals surface area contributed by atoms with Crippen molar-refractivity contribution in [2.45, 2.75) is 31.5 Å².